The second-order valence-electron chi connectivity index (χ2n) is 3.92. The number of carboxylic acids is 1. The van der Waals surface area contributed by atoms with Gasteiger partial charge in [0.05, 0.1) is 6.61 Å². The maximum absolute atomic E-state index is 11.7. The highest BCUT2D eigenvalue weighted by Gasteiger charge is 2.35. The van der Waals surface area contributed by atoms with Gasteiger partial charge in [-0.05, 0) is 25.5 Å². The van der Waals surface area contributed by atoms with Crippen molar-refractivity contribution in [3.05, 3.63) is 34.2 Å². The molecule has 0 aliphatic carbocycles. The highest BCUT2D eigenvalue weighted by molar-refractivity contribution is 5.76. The lowest BCUT2D eigenvalue weighted by molar-refractivity contribution is -0.149. The number of ether oxygens (including phenoxy) is 1. The molecule has 0 saturated heterocycles. The summed E-state index contributed by atoms with van der Waals surface area (Å²) in [6.45, 7) is 3.17. The monoisotopic (exact) mass is 225 g/mol. The molecule has 0 saturated carbocycles. The van der Waals surface area contributed by atoms with Gasteiger partial charge in [0.1, 0.15) is 0 Å². The zero-order valence-electron chi connectivity index (χ0n) is 9.56. The number of pyridine rings is 1. The summed E-state index contributed by atoms with van der Waals surface area (Å²) in [7, 11) is 1.40. The van der Waals surface area contributed by atoms with Crippen molar-refractivity contribution in [3.63, 3.8) is 0 Å². The minimum atomic E-state index is -1.38. The minimum absolute atomic E-state index is 0.0642. The van der Waals surface area contributed by atoms with Gasteiger partial charge in [-0.2, -0.15) is 0 Å². The molecule has 1 atom stereocenters. The third-order valence-corrected chi connectivity index (χ3v) is 2.49. The third kappa shape index (κ3) is 2.14. The van der Waals surface area contributed by atoms with E-state index in [4.69, 9.17) is 4.74 Å². The van der Waals surface area contributed by atoms with E-state index in [1.54, 1.807) is 13.0 Å². The van der Waals surface area contributed by atoms with Gasteiger partial charge >= 0.3 is 5.97 Å². The number of aryl methyl sites for hydroxylation is 1. The van der Waals surface area contributed by atoms with Crippen molar-refractivity contribution in [3.8, 4) is 0 Å². The summed E-state index contributed by atoms with van der Waals surface area (Å²) in [6.07, 6.45) is 1.48. The van der Waals surface area contributed by atoms with Crippen molar-refractivity contribution < 1.29 is 14.6 Å². The SMILES string of the molecule is COCC(C)(C(=O)O)n1ccc(C)cc1=O. The van der Waals surface area contributed by atoms with E-state index in [2.05, 4.69) is 0 Å². The lowest BCUT2D eigenvalue weighted by Crippen LogP contribution is -2.48. The van der Waals surface area contributed by atoms with Crippen LogP contribution in [-0.2, 0) is 15.1 Å². The number of carbonyl (C=O) groups is 1. The minimum Gasteiger partial charge on any atom is -0.479 e. The summed E-state index contributed by atoms with van der Waals surface area (Å²) < 4.78 is 6.04. The maximum Gasteiger partial charge on any atom is 0.332 e. The van der Waals surface area contributed by atoms with E-state index in [1.807, 2.05) is 0 Å². The van der Waals surface area contributed by atoms with Crippen molar-refractivity contribution in [1.82, 2.24) is 4.57 Å². The average Bonchev–Trinajstić information content (AvgIpc) is 2.17. The van der Waals surface area contributed by atoms with Gasteiger partial charge in [-0.1, -0.05) is 0 Å². The van der Waals surface area contributed by atoms with Crippen molar-refractivity contribution in [1.29, 1.82) is 0 Å². The molecule has 0 spiro atoms. The number of nitrogens with zero attached hydrogens (tertiary/aromatic N) is 1. The second kappa shape index (κ2) is 4.49. The lowest BCUT2D eigenvalue weighted by Gasteiger charge is -2.26. The summed E-state index contributed by atoms with van der Waals surface area (Å²) >= 11 is 0. The first-order valence-corrected chi connectivity index (χ1v) is 4.84. The average molecular weight is 225 g/mol. The molecule has 0 amide bonds. The molecule has 88 valence electrons. The predicted octanol–water partition coefficient (Wildman–Crippen LogP) is 0.603. The molecule has 0 radical (unpaired) electrons. The number of aliphatic carboxylic acids is 1. The van der Waals surface area contributed by atoms with E-state index in [-0.39, 0.29) is 12.2 Å². The normalized spacial score (nSPS) is 14.4. The summed E-state index contributed by atoms with van der Waals surface area (Å²) in [4.78, 5) is 22.9. The number of rotatable bonds is 4. The van der Waals surface area contributed by atoms with Crippen LogP contribution < -0.4 is 5.56 Å². The molecule has 0 fully saturated rings. The van der Waals surface area contributed by atoms with Crippen LogP contribution in [0.1, 0.15) is 12.5 Å². The Balaban J connectivity index is 3.32. The van der Waals surface area contributed by atoms with Crippen LogP contribution in [0.2, 0.25) is 0 Å². The molecule has 0 aliphatic rings. The molecule has 0 aromatic carbocycles. The predicted molar refractivity (Wildman–Crippen MR) is 58.6 cm³/mol. The smallest absolute Gasteiger partial charge is 0.332 e. The van der Waals surface area contributed by atoms with E-state index < -0.39 is 11.5 Å². The molecule has 1 aromatic rings. The van der Waals surface area contributed by atoms with E-state index in [0.29, 0.717) is 0 Å². The van der Waals surface area contributed by atoms with Crippen LogP contribution in [0.15, 0.2) is 23.1 Å². The van der Waals surface area contributed by atoms with E-state index in [9.17, 15) is 14.7 Å². The lowest BCUT2D eigenvalue weighted by atomic mass is 10.0. The Labute approximate surface area is 93.3 Å². The van der Waals surface area contributed by atoms with Crippen molar-refractivity contribution in [2.24, 2.45) is 0 Å². The molecule has 0 aliphatic heterocycles. The van der Waals surface area contributed by atoms with Crippen LogP contribution in [0, 0.1) is 6.92 Å². The van der Waals surface area contributed by atoms with Crippen LogP contribution in [0.25, 0.3) is 0 Å². The quantitative estimate of drug-likeness (QED) is 0.814. The highest BCUT2D eigenvalue weighted by atomic mass is 16.5. The summed E-state index contributed by atoms with van der Waals surface area (Å²) in [5, 5.41) is 9.17. The van der Waals surface area contributed by atoms with Gasteiger partial charge in [-0.3, -0.25) is 9.36 Å². The van der Waals surface area contributed by atoms with Gasteiger partial charge in [-0.25, -0.2) is 4.79 Å². The zero-order chi connectivity index (χ0) is 12.3. The Morgan fingerprint density at radius 3 is 2.69 bits per heavy atom. The fourth-order valence-corrected chi connectivity index (χ4v) is 1.50. The summed E-state index contributed by atoms with van der Waals surface area (Å²) in [6, 6.07) is 3.09. The van der Waals surface area contributed by atoms with Gasteiger partial charge in [0, 0.05) is 19.4 Å². The van der Waals surface area contributed by atoms with Gasteiger partial charge < -0.3 is 9.84 Å². The number of hydrogen-bond acceptors (Lipinski definition) is 3. The molecule has 1 aromatic heterocycles. The Bertz CT molecular complexity index is 452. The van der Waals surface area contributed by atoms with Crippen LogP contribution in [0.5, 0.6) is 0 Å². The van der Waals surface area contributed by atoms with Crippen molar-refractivity contribution in [2.45, 2.75) is 19.4 Å². The molecule has 1 N–H and O–H groups in total. The molecule has 5 heteroatoms. The third-order valence-electron chi connectivity index (χ3n) is 2.49. The van der Waals surface area contributed by atoms with Crippen LogP contribution in [0.4, 0.5) is 0 Å². The molecule has 1 unspecified atom stereocenters. The molecule has 1 heterocycles. The topological polar surface area (TPSA) is 68.5 Å². The number of carboxylic acid groups (broad SMARTS) is 1. The first-order chi connectivity index (χ1) is 7.41. The molecule has 0 bridgehead atoms. The van der Waals surface area contributed by atoms with E-state index >= 15 is 0 Å². The Morgan fingerprint density at radius 2 is 2.25 bits per heavy atom. The molecule has 16 heavy (non-hydrogen) atoms. The molecule has 1 rings (SSSR count). The molecular formula is C11H15NO4. The first kappa shape index (κ1) is 12.4. The zero-order valence-corrected chi connectivity index (χ0v) is 9.56. The maximum atomic E-state index is 11.7. The Kier molecular flexibility index (Phi) is 3.49. The first-order valence-electron chi connectivity index (χ1n) is 4.84. The van der Waals surface area contributed by atoms with Gasteiger partial charge in [-0.15, -0.1) is 0 Å². The molecular weight excluding hydrogens is 210 g/mol. The Morgan fingerprint density at radius 1 is 1.62 bits per heavy atom. The van der Waals surface area contributed by atoms with E-state index in [1.165, 1.54) is 30.9 Å². The Hall–Kier alpha value is -1.62. The van der Waals surface area contributed by atoms with Gasteiger partial charge in [0.15, 0.2) is 5.54 Å². The van der Waals surface area contributed by atoms with E-state index in [0.717, 1.165) is 5.56 Å². The van der Waals surface area contributed by atoms with Crippen LogP contribution in [-0.4, -0.2) is 29.4 Å². The largest absolute Gasteiger partial charge is 0.479 e. The van der Waals surface area contributed by atoms with Crippen LogP contribution in [0.3, 0.4) is 0 Å². The number of methoxy groups -OCH3 is 1. The number of aromatic nitrogens is 1. The standard InChI is InChI=1S/C11H15NO4/c1-8-4-5-12(9(13)6-8)11(2,7-16-3)10(14)15/h4-6H,7H2,1-3H3,(H,14,15). The fourth-order valence-electron chi connectivity index (χ4n) is 1.50. The highest BCUT2D eigenvalue weighted by Crippen LogP contribution is 2.14. The van der Waals surface area contributed by atoms with Crippen LogP contribution >= 0.6 is 0 Å². The summed E-state index contributed by atoms with van der Waals surface area (Å²) in [5.74, 6) is -1.10. The van der Waals surface area contributed by atoms with Gasteiger partial charge in [0.25, 0.3) is 5.56 Å². The fraction of sp³-hybridized carbons (Fsp3) is 0.455. The summed E-state index contributed by atoms with van der Waals surface area (Å²) in [5.41, 5.74) is -0.923. The van der Waals surface area contributed by atoms with Gasteiger partial charge in [0.2, 0.25) is 0 Å². The van der Waals surface area contributed by atoms with Crippen molar-refractivity contribution in [2.75, 3.05) is 13.7 Å². The van der Waals surface area contributed by atoms with Crippen molar-refractivity contribution >= 4 is 5.97 Å². The molecule has 5 nitrogen and oxygen atoms in total. The second-order valence-corrected chi connectivity index (χ2v) is 3.92. The number of hydrogen-bond donors (Lipinski definition) is 1.